The van der Waals surface area contributed by atoms with Crippen LogP contribution in [0.25, 0.3) is 10.8 Å². The highest BCUT2D eigenvalue weighted by molar-refractivity contribution is 5.85. The molecule has 0 heterocycles. The number of rotatable bonds is 5. The van der Waals surface area contributed by atoms with Gasteiger partial charge in [-0.2, -0.15) is 0 Å². The molecule has 2 heteroatoms. The lowest BCUT2D eigenvalue weighted by Gasteiger charge is -2.09. The molecule has 0 amide bonds. The topological polar surface area (TPSA) is 21.6 Å². The quantitative estimate of drug-likeness (QED) is 0.399. The Labute approximate surface area is 153 Å². The average Bonchev–Trinajstić information content (AvgIpc) is 2.72. The van der Waals surface area contributed by atoms with Gasteiger partial charge in [-0.3, -0.25) is 4.99 Å². The number of benzene rings is 4. The summed E-state index contributed by atoms with van der Waals surface area (Å²) >= 11 is 0. The van der Waals surface area contributed by atoms with Gasteiger partial charge >= 0.3 is 0 Å². The number of nitrogens with zero attached hydrogens (tertiary/aromatic N) is 1. The second-order valence-corrected chi connectivity index (χ2v) is 6.09. The zero-order valence-corrected chi connectivity index (χ0v) is 14.4. The lowest BCUT2D eigenvalue weighted by molar-refractivity contribution is 0.307. The molecule has 4 aromatic carbocycles. The largest absolute Gasteiger partial charge is 0.489 e. The Morgan fingerprint density at radius 1 is 0.731 bits per heavy atom. The number of ether oxygens (including phenoxy) is 1. The number of aliphatic imine (C=N–C) groups is 1. The Kier molecular flexibility index (Phi) is 4.74. The number of fused-ring (bicyclic) bond motifs is 1. The van der Waals surface area contributed by atoms with Gasteiger partial charge in [-0.05, 0) is 46.2 Å². The molecule has 0 fully saturated rings. The van der Waals surface area contributed by atoms with Crippen LogP contribution in [0.15, 0.2) is 102 Å². The highest BCUT2D eigenvalue weighted by Crippen LogP contribution is 2.21. The van der Waals surface area contributed by atoms with Gasteiger partial charge in [0, 0.05) is 6.21 Å². The molecule has 0 saturated heterocycles. The van der Waals surface area contributed by atoms with Crippen molar-refractivity contribution in [3.05, 3.63) is 108 Å². The van der Waals surface area contributed by atoms with E-state index >= 15 is 0 Å². The monoisotopic (exact) mass is 337 g/mol. The number of hydrogen-bond donors (Lipinski definition) is 0. The second-order valence-electron chi connectivity index (χ2n) is 6.09. The van der Waals surface area contributed by atoms with E-state index < -0.39 is 0 Å². The fourth-order valence-electron chi connectivity index (χ4n) is 2.93. The molecule has 2 nitrogen and oxygen atoms in total. The normalized spacial score (nSPS) is 11.1. The third-order valence-electron chi connectivity index (χ3n) is 4.25. The molecule has 0 atom stereocenters. The molecule has 0 aliphatic carbocycles. The Morgan fingerprint density at radius 3 is 2.42 bits per heavy atom. The predicted molar refractivity (Wildman–Crippen MR) is 108 cm³/mol. The van der Waals surface area contributed by atoms with Crippen LogP contribution in [0.2, 0.25) is 0 Å². The van der Waals surface area contributed by atoms with E-state index in [4.69, 9.17) is 4.74 Å². The van der Waals surface area contributed by atoms with Crippen LogP contribution in [-0.4, -0.2) is 6.21 Å². The van der Waals surface area contributed by atoms with E-state index in [9.17, 15) is 0 Å². The summed E-state index contributed by atoms with van der Waals surface area (Å²) in [5, 5.41) is 2.47. The fourth-order valence-corrected chi connectivity index (χ4v) is 2.93. The maximum Gasteiger partial charge on any atom is 0.120 e. The summed E-state index contributed by atoms with van der Waals surface area (Å²) < 4.78 is 6.03. The van der Waals surface area contributed by atoms with Crippen molar-refractivity contribution >= 4 is 22.7 Å². The average molecular weight is 337 g/mol. The first-order chi connectivity index (χ1) is 12.9. The Hall–Kier alpha value is -3.39. The molecule has 0 unspecified atom stereocenters. The van der Waals surface area contributed by atoms with E-state index in [1.807, 2.05) is 60.8 Å². The van der Waals surface area contributed by atoms with Crippen LogP contribution >= 0.6 is 0 Å². The molecule has 0 aliphatic rings. The van der Waals surface area contributed by atoms with E-state index in [-0.39, 0.29) is 0 Å². The van der Waals surface area contributed by atoms with E-state index in [0.717, 1.165) is 17.0 Å². The number of para-hydroxylation sites is 1. The van der Waals surface area contributed by atoms with Gasteiger partial charge in [-0.1, -0.05) is 72.8 Å². The van der Waals surface area contributed by atoms with Gasteiger partial charge in [0.1, 0.15) is 12.4 Å². The highest BCUT2D eigenvalue weighted by atomic mass is 16.5. The lowest BCUT2D eigenvalue weighted by Crippen LogP contribution is -1.97. The zero-order valence-electron chi connectivity index (χ0n) is 14.4. The van der Waals surface area contributed by atoms with Crippen molar-refractivity contribution in [1.29, 1.82) is 0 Å². The predicted octanol–water partition coefficient (Wildman–Crippen LogP) is 6.17. The van der Waals surface area contributed by atoms with Crippen molar-refractivity contribution in [3.8, 4) is 5.75 Å². The molecule has 0 spiro atoms. The summed E-state index contributed by atoms with van der Waals surface area (Å²) in [7, 11) is 0. The van der Waals surface area contributed by atoms with Gasteiger partial charge in [0.25, 0.3) is 0 Å². The Morgan fingerprint density at radius 2 is 1.50 bits per heavy atom. The molecule has 0 radical (unpaired) electrons. The molecule has 0 aliphatic heterocycles. The molecule has 126 valence electrons. The van der Waals surface area contributed by atoms with E-state index in [0.29, 0.717) is 6.61 Å². The first kappa shape index (κ1) is 16.1. The fraction of sp³-hybridized carbons (Fsp3) is 0.0417. The summed E-state index contributed by atoms with van der Waals surface area (Å²) in [6.07, 6.45) is 1.86. The Balaban J connectivity index is 1.49. The molecule has 0 saturated carbocycles. The van der Waals surface area contributed by atoms with Gasteiger partial charge in [0.2, 0.25) is 0 Å². The van der Waals surface area contributed by atoms with Crippen LogP contribution in [0.5, 0.6) is 5.75 Å². The summed E-state index contributed by atoms with van der Waals surface area (Å²) in [5.41, 5.74) is 3.14. The SMILES string of the molecule is C(=Nc1ccccc1)c1cccc(OCc2cccc3ccccc23)c1. The molecule has 4 rings (SSSR count). The van der Waals surface area contributed by atoms with E-state index in [1.165, 1.54) is 16.3 Å². The smallest absolute Gasteiger partial charge is 0.120 e. The van der Waals surface area contributed by atoms with Gasteiger partial charge in [-0.15, -0.1) is 0 Å². The molecule has 26 heavy (non-hydrogen) atoms. The lowest BCUT2D eigenvalue weighted by atomic mass is 10.1. The van der Waals surface area contributed by atoms with Crippen LogP contribution < -0.4 is 4.74 Å². The van der Waals surface area contributed by atoms with Gasteiger partial charge < -0.3 is 4.74 Å². The van der Waals surface area contributed by atoms with Gasteiger partial charge in [0.15, 0.2) is 0 Å². The van der Waals surface area contributed by atoms with E-state index in [1.54, 1.807) is 0 Å². The minimum Gasteiger partial charge on any atom is -0.489 e. The van der Waals surface area contributed by atoms with Crippen LogP contribution in [0, 0.1) is 0 Å². The maximum atomic E-state index is 6.03. The minimum absolute atomic E-state index is 0.542. The van der Waals surface area contributed by atoms with Crippen LogP contribution in [-0.2, 0) is 6.61 Å². The van der Waals surface area contributed by atoms with Crippen molar-refractivity contribution in [1.82, 2.24) is 0 Å². The number of hydrogen-bond acceptors (Lipinski definition) is 2. The third kappa shape index (κ3) is 3.81. The molecular formula is C24H19NO. The van der Waals surface area contributed by atoms with Crippen molar-refractivity contribution in [2.45, 2.75) is 6.61 Å². The first-order valence-corrected chi connectivity index (χ1v) is 8.67. The molecule has 4 aromatic rings. The van der Waals surface area contributed by atoms with Crippen molar-refractivity contribution in [3.63, 3.8) is 0 Å². The standard InChI is InChI=1S/C24H19NO/c1-2-12-22(13-3-1)25-17-19-8-6-14-23(16-19)26-18-21-11-7-10-20-9-4-5-15-24(20)21/h1-17H,18H2. The first-order valence-electron chi connectivity index (χ1n) is 8.67. The van der Waals surface area contributed by atoms with E-state index in [2.05, 4.69) is 47.5 Å². The maximum absolute atomic E-state index is 6.03. The summed E-state index contributed by atoms with van der Waals surface area (Å²) in [5.74, 6) is 0.843. The van der Waals surface area contributed by atoms with Crippen LogP contribution in [0.1, 0.15) is 11.1 Å². The van der Waals surface area contributed by atoms with Crippen molar-refractivity contribution in [2.75, 3.05) is 0 Å². The summed E-state index contributed by atoms with van der Waals surface area (Å²) in [6, 6.07) is 32.6. The molecule has 0 N–H and O–H groups in total. The van der Waals surface area contributed by atoms with Gasteiger partial charge in [0.05, 0.1) is 5.69 Å². The molecule has 0 bridgehead atoms. The third-order valence-corrected chi connectivity index (χ3v) is 4.25. The summed E-state index contributed by atoms with van der Waals surface area (Å²) in [4.78, 5) is 4.50. The van der Waals surface area contributed by atoms with Gasteiger partial charge in [-0.25, -0.2) is 0 Å². The second kappa shape index (κ2) is 7.66. The zero-order chi connectivity index (χ0) is 17.6. The van der Waals surface area contributed by atoms with Crippen molar-refractivity contribution in [2.24, 2.45) is 4.99 Å². The molecule has 0 aromatic heterocycles. The minimum atomic E-state index is 0.542. The van der Waals surface area contributed by atoms with Crippen molar-refractivity contribution < 1.29 is 4.74 Å². The van der Waals surface area contributed by atoms with Crippen LogP contribution in [0.4, 0.5) is 5.69 Å². The molecular weight excluding hydrogens is 318 g/mol. The Bertz CT molecular complexity index is 1030. The van der Waals surface area contributed by atoms with Crippen LogP contribution in [0.3, 0.4) is 0 Å². The highest BCUT2D eigenvalue weighted by Gasteiger charge is 2.02. The summed E-state index contributed by atoms with van der Waals surface area (Å²) in [6.45, 7) is 0.542.